The van der Waals surface area contributed by atoms with Crippen LogP contribution in [-0.4, -0.2) is 28.8 Å². The zero-order chi connectivity index (χ0) is 21.6. The van der Waals surface area contributed by atoms with Gasteiger partial charge in [0.2, 0.25) is 0 Å². The van der Waals surface area contributed by atoms with E-state index in [1.807, 2.05) is 73.7 Å². The maximum Gasteiger partial charge on any atom is 0.251 e. The smallest absolute Gasteiger partial charge is 0.251 e. The van der Waals surface area contributed by atoms with Crippen molar-refractivity contribution in [2.45, 2.75) is 6.92 Å². The molecule has 0 saturated heterocycles. The molecule has 3 N–H and O–H groups in total. The van der Waals surface area contributed by atoms with E-state index in [0.29, 0.717) is 24.5 Å². The molecule has 1 amide bonds. The molecule has 1 aromatic heterocycles. The van der Waals surface area contributed by atoms with Gasteiger partial charge in [0.15, 0.2) is 0 Å². The van der Waals surface area contributed by atoms with E-state index >= 15 is 0 Å². The molecule has 0 unspecified atom stereocenters. The van der Waals surface area contributed by atoms with E-state index in [-0.39, 0.29) is 5.91 Å². The molecule has 1 heterocycles. The van der Waals surface area contributed by atoms with E-state index in [2.05, 4.69) is 16.5 Å². The zero-order valence-electron chi connectivity index (χ0n) is 17.3. The molecule has 4 rings (SSSR count). The Hall–Kier alpha value is -4.06. The number of para-hydroxylation sites is 1. The first-order valence-electron chi connectivity index (χ1n) is 10.1. The van der Waals surface area contributed by atoms with Crippen LogP contribution in [0.4, 0.5) is 5.82 Å². The lowest BCUT2D eigenvalue weighted by molar-refractivity contribution is 0.0947. The zero-order valence-corrected chi connectivity index (χ0v) is 17.3. The maximum absolute atomic E-state index is 12.4. The first-order valence-corrected chi connectivity index (χ1v) is 10.1. The molecule has 31 heavy (non-hydrogen) atoms. The molecule has 6 heteroatoms. The predicted octanol–water partition coefficient (Wildman–Crippen LogP) is 4.24. The molecule has 0 saturated carbocycles. The molecule has 0 atom stereocenters. The molecule has 0 spiro atoms. The summed E-state index contributed by atoms with van der Waals surface area (Å²) >= 11 is 0. The van der Waals surface area contributed by atoms with Crippen molar-refractivity contribution in [2.24, 2.45) is 0 Å². The fraction of sp³-hybridized carbons (Fsp3) is 0.120. The van der Waals surface area contributed by atoms with Crippen LogP contribution in [0.25, 0.3) is 16.9 Å². The Kier molecular flexibility index (Phi) is 5.98. The van der Waals surface area contributed by atoms with Gasteiger partial charge >= 0.3 is 0 Å². The summed E-state index contributed by atoms with van der Waals surface area (Å²) in [5.41, 5.74) is 10.5. The number of benzene rings is 3. The van der Waals surface area contributed by atoms with Crippen LogP contribution in [-0.2, 0) is 0 Å². The summed E-state index contributed by atoms with van der Waals surface area (Å²) in [5.74, 6) is 1.16. The van der Waals surface area contributed by atoms with Gasteiger partial charge in [0.25, 0.3) is 5.91 Å². The molecule has 156 valence electrons. The van der Waals surface area contributed by atoms with Gasteiger partial charge in [0.05, 0.1) is 17.9 Å². The molecule has 3 aromatic carbocycles. The minimum atomic E-state index is -0.155. The number of hydrogen-bond acceptors (Lipinski definition) is 4. The van der Waals surface area contributed by atoms with E-state index in [4.69, 9.17) is 10.5 Å². The summed E-state index contributed by atoms with van der Waals surface area (Å²) in [6.45, 7) is 2.86. The highest BCUT2D eigenvalue weighted by atomic mass is 16.5. The average Bonchev–Trinajstić information content (AvgIpc) is 3.19. The second-order valence-electron chi connectivity index (χ2n) is 7.20. The highest BCUT2D eigenvalue weighted by Crippen LogP contribution is 2.24. The van der Waals surface area contributed by atoms with Gasteiger partial charge in [-0.2, -0.15) is 5.10 Å². The summed E-state index contributed by atoms with van der Waals surface area (Å²) in [7, 11) is 0. The van der Waals surface area contributed by atoms with Crippen LogP contribution in [0.2, 0.25) is 0 Å². The Morgan fingerprint density at radius 2 is 1.77 bits per heavy atom. The van der Waals surface area contributed by atoms with Crippen molar-refractivity contribution in [1.82, 2.24) is 15.1 Å². The first-order chi connectivity index (χ1) is 15.1. The SMILES string of the molecule is Cc1cccc(-c2cc(N)n(-c3ccc(C(=O)NCCOc4ccccc4)cc3)n2)c1. The Bertz CT molecular complexity index is 1170. The number of ether oxygens (including phenoxy) is 1. The second kappa shape index (κ2) is 9.17. The topological polar surface area (TPSA) is 82.2 Å². The molecule has 0 aliphatic carbocycles. The Morgan fingerprint density at radius 1 is 1.00 bits per heavy atom. The third-order valence-electron chi connectivity index (χ3n) is 4.82. The van der Waals surface area contributed by atoms with Gasteiger partial charge in [-0.25, -0.2) is 4.68 Å². The average molecular weight is 412 g/mol. The van der Waals surface area contributed by atoms with E-state index in [0.717, 1.165) is 28.3 Å². The first kappa shape index (κ1) is 20.2. The fourth-order valence-corrected chi connectivity index (χ4v) is 3.25. The highest BCUT2D eigenvalue weighted by Gasteiger charge is 2.11. The molecule has 0 aliphatic rings. The van der Waals surface area contributed by atoms with Crippen LogP contribution in [0.1, 0.15) is 15.9 Å². The normalized spacial score (nSPS) is 10.6. The third kappa shape index (κ3) is 4.93. The molecule has 4 aromatic rings. The van der Waals surface area contributed by atoms with Gasteiger partial charge in [-0.1, -0.05) is 42.0 Å². The molecular weight excluding hydrogens is 388 g/mol. The number of carbonyl (C=O) groups is 1. The summed E-state index contributed by atoms with van der Waals surface area (Å²) in [4.78, 5) is 12.4. The monoisotopic (exact) mass is 412 g/mol. The van der Waals surface area contributed by atoms with Crippen molar-refractivity contribution >= 4 is 11.7 Å². The van der Waals surface area contributed by atoms with Crippen molar-refractivity contribution in [3.05, 3.63) is 96.1 Å². The molecule has 0 radical (unpaired) electrons. The number of aryl methyl sites for hydroxylation is 1. The lowest BCUT2D eigenvalue weighted by Crippen LogP contribution is -2.28. The van der Waals surface area contributed by atoms with Gasteiger partial charge in [-0.3, -0.25) is 4.79 Å². The lowest BCUT2D eigenvalue weighted by Gasteiger charge is -2.09. The quantitative estimate of drug-likeness (QED) is 0.445. The molecule has 0 fully saturated rings. The minimum Gasteiger partial charge on any atom is -0.492 e. The number of nitrogens with two attached hydrogens (primary N) is 1. The van der Waals surface area contributed by atoms with E-state index in [1.165, 1.54) is 0 Å². The van der Waals surface area contributed by atoms with Gasteiger partial charge in [0.1, 0.15) is 18.2 Å². The van der Waals surface area contributed by atoms with Crippen molar-refractivity contribution in [3.8, 4) is 22.7 Å². The molecular formula is C25H24N4O2. The number of nitrogen functional groups attached to an aromatic ring is 1. The van der Waals surface area contributed by atoms with Crippen LogP contribution in [0.5, 0.6) is 5.75 Å². The van der Waals surface area contributed by atoms with Crippen molar-refractivity contribution < 1.29 is 9.53 Å². The Balaban J connectivity index is 1.38. The van der Waals surface area contributed by atoms with Crippen LogP contribution >= 0.6 is 0 Å². The van der Waals surface area contributed by atoms with Crippen LogP contribution in [0, 0.1) is 6.92 Å². The van der Waals surface area contributed by atoms with Crippen LogP contribution in [0.3, 0.4) is 0 Å². The number of hydrogen-bond donors (Lipinski definition) is 2. The molecule has 0 bridgehead atoms. The Labute approximate surface area is 181 Å². The van der Waals surface area contributed by atoms with Crippen molar-refractivity contribution in [1.29, 1.82) is 0 Å². The van der Waals surface area contributed by atoms with Crippen LogP contribution in [0.15, 0.2) is 84.9 Å². The standard InChI is InChI=1S/C25H24N4O2/c1-18-6-5-7-20(16-18)23-17-24(26)29(28-23)21-12-10-19(11-13-21)25(30)27-14-15-31-22-8-3-2-4-9-22/h2-13,16-17H,14-15,26H2,1H3,(H,27,30). The number of aromatic nitrogens is 2. The van der Waals surface area contributed by atoms with E-state index in [9.17, 15) is 4.79 Å². The summed E-state index contributed by atoms with van der Waals surface area (Å²) < 4.78 is 7.26. The minimum absolute atomic E-state index is 0.155. The Morgan fingerprint density at radius 3 is 2.52 bits per heavy atom. The third-order valence-corrected chi connectivity index (χ3v) is 4.82. The maximum atomic E-state index is 12.4. The van der Waals surface area contributed by atoms with E-state index < -0.39 is 0 Å². The summed E-state index contributed by atoms with van der Waals surface area (Å²) in [6, 6.07) is 26.7. The number of carbonyl (C=O) groups excluding carboxylic acids is 1. The molecule has 6 nitrogen and oxygen atoms in total. The van der Waals surface area contributed by atoms with E-state index in [1.54, 1.807) is 16.8 Å². The van der Waals surface area contributed by atoms with Gasteiger partial charge in [-0.05, 0) is 49.4 Å². The number of anilines is 1. The number of nitrogens with one attached hydrogen (secondary N) is 1. The number of amides is 1. The van der Waals surface area contributed by atoms with Crippen molar-refractivity contribution in [3.63, 3.8) is 0 Å². The van der Waals surface area contributed by atoms with Gasteiger partial charge in [0, 0.05) is 17.2 Å². The number of nitrogens with zero attached hydrogens (tertiary/aromatic N) is 2. The predicted molar refractivity (Wildman–Crippen MR) is 122 cm³/mol. The van der Waals surface area contributed by atoms with Gasteiger partial charge in [-0.15, -0.1) is 0 Å². The van der Waals surface area contributed by atoms with Crippen LogP contribution < -0.4 is 15.8 Å². The fourth-order valence-electron chi connectivity index (χ4n) is 3.25. The lowest BCUT2D eigenvalue weighted by atomic mass is 10.1. The number of rotatable bonds is 7. The summed E-state index contributed by atoms with van der Waals surface area (Å²) in [6.07, 6.45) is 0. The summed E-state index contributed by atoms with van der Waals surface area (Å²) in [5, 5.41) is 7.49. The van der Waals surface area contributed by atoms with Crippen molar-refractivity contribution in [2.75, 3.05) is 18.9 Å². The highest BCUT2D eigenvalue weighted by molar-refractivity contribution is 5.94. The van der Waals surface area contributed by atoms with Gasteiger partial charge < -0.3 is 15.8 Å². The second-order valence-corrected chi connectivity index (χ2v) is 7.20. The molecule has 0 aliphatic heterocycles. The largest absolute Gasteiger partial charge is 0.492 e.